The van der Waals surface area contributed by atoms with Crippen LogP contribution in [0.3, 0.4) is 0 Å². The van der Waals surface area contributed by atoms with Crippen LogP contribution >= 0.6 is 27.5 Å². The molecule has 1 heterocycles. The monoisotopic (exact) mass is 360 g/mol. The van der Waals surface area contributed by atoms with Gasteiger partial charge in [-0.1, -0.05) is 11.6 Å². The summed E-state index contributed by atoms with van der Waals surface area (Å²) in [5.74, 6) is -1.32. The fraction of sp³-hybridized carbons (Fsp3) is 0.462. The summed E-state index contributed by atoms with van der Waals surface area (Å²) in [6.07, 6.45) is 4.04. The van der Waals surface area contributed by atoms with E-state index in [4.69, 9.17) is 16.7 Å². The van der Waals surface area contributed by atoms with Gasteiger partial charge in [0.05, 0.1) is 11.5 Å². The molecule has 1 amide bonds. The predicted octanol–water partition coefficient (Wildman–Crippen LogP) is 2.87. The third-order valence-corrected chi connectivity index (χ3v) is 4.20. The zero-order chi connectivity index (χ0) is 14.7. The Labute approximate surface area is 129 Å². The summed E-state index contributed by atoms with van der Waals surface area (Å²) in [6.45, 7) is 0. The molecule has 1 aliphatic carbocycles. The highest BCUT2D eigenvalue weighted by atomic mass is 79.9. The number of carboxylic acids is 1. The van der Waals surface area contributed by atoms with Gasteiger partial charge in [0.15, 0.2) is 0 Å². The lowest BCUT2D eigenvalue weighted by Gasteiger charge is -2.26. The number of halogens is 2. The third kappa shape index (κ3) is 3.70. The van der Waals surface area contributed by atoms with Crippen LogP contribution in [0, 0.1) is 5.92 Å². The summed E-state index contributed by atoms with van der Waals surface area (Å²) in [5.41, 5.74) is 0.321. The number of hydrogen-bond donors (Lipinski definition) is 2. The molecular formula is C13H14BrClN2O3. The summed E-state index contributed by atoms with van der Waals surface area (Å²) in [4.78, 5) is 26.9. The number of carbonyl (C=O) groups is 2. The molecule has 0 atom stereocenters. The lowest BCUT2D eigenvalue weighted by atomic mass is 9.86. The summed E-state index contributed by atoms with van der Waals surface area (Å²) in [7, 11) is 0. The maximum atomic E-state index is 12.1. The van der Waals surface area contributed by atoms with Crippen molar-refractivity contribution in [2.45, 2.75) is 31.7 Å². The Morgan fingerprint density at radius 1 is 1.35 bits per heavy atom. The highest BCUT2D eigenvalue weighted by molar-refractivity contribution is 9.10. The molecule has 0 unspecified atom stereocenters. The molecule has 0 radical (unpaired) electrons. The highest BCUT2D eigenvalue weighted by Gasteiger charge is 2.27. The Bertz CT molecular complexity index is 530. The topological polar surface area (TPSA) is 79.3 Å². The number of carbonyl (C=O) groups excluding carboxylic acids is 1. The molecular weight excluding hydrogens is 348 g/mol. The quantitative estimate of drug-likeness (QED) is 0.811. The number of nitrogens with one attached hydrogen (secondary N) is 1. The lowest BCUT2D eigenvalue weighted by Crippen LogP contribution is -2.38. The summed E-state index contributed by atoms with van der Waals surface area (Å²) in [6, 6.07) is 1.61. The minimum atomic E-state index is -0.756. The van der Waals surface area contributed by atoms with E-state index in [1.807, 2.05) is 0 Å². The molecule has 0 spiro atoms. The van der Waals surface area contributed by atoms with Gasteiger partial charge in [0.1, 0.15) is 5.15 Å². The first kappa shape index (κ1) is 15.3. The van der Waals surface area contributed by atoms with Crippen LogP contribution < -0.4 is 5.32 Å². The van der Waals surface area contributed by atoms with E-state index in [-0.39, 0.29) is 23.0 Å². The van der Waals surface area contributed by atoms with E-state index in [1.54, 1.807) is 6.07 Å². The molecule has 1 aromatic heterocycles. The van der Waals surface area contributed by atoms with Gasteiger partial charge >= 0.3 is 5.97 Å². The Morgan fingerprint density at radius 2 is 2.00 bits per heavy atom. The van der Waals surface area contributed by atoms with Crippen LogP contribution in [0.4, 0.5) is 0 Å². The van der Waals surface area contributed by atoms with Crippen LogP contribution in [0.25, 0.3) is 0 Å². The number of nitrogens with zero attached hydrogens (tertiary/aromatic N) is 1. The number of amides is 1. The maximum Gasteiger partial charge on any atom is 0.306 e. The predicted molar refractivity (Wildman–Crippen MR) is 77.8 cm³/mol. The molecule has 0 aliphatic heterocycles. The van der Waals surface area contributed by atoms with E-state index in [9.17, 15) is 9.59 Å². The smallest absolute Gasteiger partial charge is 0.306 e. The first-order valence-electron chi connectivity index (χ1n) is 6.32. The van der Waals surface area contributed by atoms with Crippen molar-refractivity contribution in [2.75, 3.05) is 0 Å². The SMILES string of the molecule is O=C(NC1CCC(C(=O)O)CC1)c1cc(Br)cnc1Cl. The normalized spacial score (nSPS) is 22.3. The van der Waals surface area contributed by atoms with Crippen molar-refractivity contribution in [3.05, 3.63) is 27.5 Å². The van der Waals surface area contributed by atoms with E-state index in [2.05, 4.69) is 26.2 Å². The summed E-state index contributed by atoms with van der Waals surface area (Å²) < 4.78 is 0.682. The fourth-order valence-electron chi connectivity index (χ4n) is 2.33. The minimum Gasteiger partial charge on any atom is -0.481 e. The first-order chi connectivity index (χ1) is 9.47. The molecule has 0 saturated heterocycles. The molecule has 1 aliphatic rings. The molecule has 0 aromatic carbocycles. The van der Waals surface area contributed by atoms with Crippen LogP contribution in [0.5, 0.6) is 0 Å². The van der Waals surface area contributed by atoms with Gasteiger partial charge in [-0.05, 0) is 47.7 Å². The van der Waals surface area contributed by atoms with Gasteiger partial charge < -0.3 is 10.4 Å². The standard InChI is InChI=1S/C13H14BrClN2O3/c14-8-5-10(11(15)16-6-8)12(18)17-9-3-1-7(2-4-9)13(19)20/h5-7,9H,1-4H2,(H,17,18)(H,19,20). The van der Waals surface area contributed by atoms with Gasteiger partial charge in [-0.3, -0.25) is 9.59 Å². The average Bonchev–Trinajstić information content (AvgIpc) is 2.42. The van der Waals surface area contributed by atoms with Gasteiger partial charge in [0.2, 0.25) is 0 Å². The van der Waals surface area contributed by atoms with Gasteiger partial charge in [-0.2, -0.15) is 0 Å². The Morgan fingerprint density at radius 3 is 2.60 bits per heavy atom. The minimum absolute atomic E-state index is 0.00634. The van der Waals surface area contributed by atoms with E-state index >= 15 is 0 Å². The highest BCUT2D eigenvalue weighted by Crippen LogP contribution is 2.25. The van der Waals surface area contributed by atoms with Crippen molar-refractivity contribution in [1.82, 2.24) is 10.3 Å². The van der Waals surface area contributed by atoms with Crippen molar-refractivity contribution >= 4 is 39.4 Å². The third-order valence-electron chi connectivity index (χ3n) is 3.46. The van der Waals surface area contributed by atoms with Gasteiger partial charge in [0, 0.05) is 16.7 Å². The Balaban J connectivity index is 1.96. The number of hydrogen-bond acceptors (Lipinski definition) is 3. The van der Waals surface area contributed by atoms with E-state index in [1.165, 1.54) is 6.20 Å². The second kappa shape index (κ2) is 6.54. The number of carboxylic acid groups (broad SMARTS) is 1. The van der Waals surface area contributed by atoms with Crippen LogP contribution in [0.1, 0.15) is 36.0 Å². The van der Waals surface area contributed by atoms with E-state index < -0.39 is 5.97 Å². The molecule has 0 bridgehead atoms. The molecule has 7 heteroatoms. The van der Waals surface area contributed by atoms with Gasteiger partial charge in [-0.25, -0.2) is 4.98 Å². The molecule has 108 valence electrons. The van der Waals surface area contributed by atoms with Crippen molar-refractivity contribution in [2.24, 2.45) is 5.92 Å². The van der Waals surface area contributed by atoms with Crippen molar-refractivity contribution in [3.8, 4) is 0 Å². The first-order valence-corrected chi connectivity index (χ1v) is 7.49. The average molecular weight is 362 g/mol. The number of rotatable bonds is 3. The molecule has 1 saturated carbocycles. The zero-order valence-corrected chi connectivity index (χ0v) is 12.9. The van der Waals surface area contributed by atoms with Crippen molar-refractivity contribution in [3.63, 3.8) is 0 Å². The van der Waals surface area contributed by atoms with Crippen molar-refractivity contribution < 1.29 is 14.7 Å². The molecule has 1 fully saturated rings. The fourth-order valence-corrected chi connectivity index (χ4v) is 2.85. The number of aliphatic carboxylic acids is 1. The number of aromatic nitrogens is 1. The van der Waals surface area contributed by atoms with Gasteiger partial charge in [-0.15, -0.1) is 0 Å². The van der Waals surface area contributed by atoms with Crippen LogP contribution in [-0.2, 0) is 4.79 Å². The Kier molecular flexibility index (Phi) is 4.99. The lowest BCUT2D eigenvalue weighted by molar-refractivity contribution is -0.142. The van der Waals surface area contributed by atoms with Crippen molar-refractivity contribution in [1.29, 1.82) is 0 Å². The molecule has 20 heavy (non-hydrogen) atoms. The maximum absolute atomic E-state index is 12.1. The zero-order valence-electron chi connectivity index (χ0n) is 10.6. The molecule has 1 aromatic rings. The van der Waals surface area contributed by atoms with Crippen LogP contribution in [0.2, 0.25) is 5.15 Å². The largest absolute Gasteiger partial charge is 0.481 e. The van der Waals surface area contributed by atoms with Crippen LogP contribution in [0.15, 0.2) is 16.7 Å². The molecule has 2 N–H and O–H groups in total. The Hall–Kier alpha value is -1.14. The summed E-state index contributed by atoms with van der Waals surface area (Å²) >= 11 is 9.15. The van der Waals surface area contributed by atoms with Gasteiger partial charge in [0.25, 0.3) is 5.91 Å². The molecule has 5 nitrogen and oxygen atoms in total. The van der Waals surface area contributed by atoms with Crippen LogP contribution in [-0.4, -0.2) is 28.0 Å². The van der Waals surface area contributed by atoms with E-state index in [0.29, 0.717) is 35.7 Å². The second-order valence-corrected chi connectivity index (χ2v) is 6.13. The number of pyridine rings is 1. The summed E-state index contributed by atoms with van der Waals surface area (Å²) in [5, 5.41) is 12.0. The molecule has 2 rings (SSSR count). The van der Waals surface area contributed by atoms with E-state index in [0.717, 1.165) is 0 Å². The second-order valence-electron chi connectivity index (χ2n) is 4.85.